The molecular weight excluding hydrogens is 340 g/mol. The van der Waals surface area contributed by atoms with E-state index in [0.717, 1.165) is 18.6 Å². The van der Waals surface area contributed by atoms with Crippen LogP contribution in [0.2, 0.25) is 0 Å². The van der Waals surface area contributed by atoms with Gasteiger partial charge in [0.1, 0.15) is 5.75 Å². The Kier molecular flexibility index (Phi) is 7.29. The average molecular weight is 369 g/mol. The number of benzene rings is 3. The number of methoxy groups -OCH3 is 1. The van der Waals surface area contributed by atoms with Gasteiger partial charge in [-0.05, 0) is 47.4 Å². The van der Waals surface area contributed by atoms with Crippen molar-refractivity contribution >= 4 is 0 Å². The average Bonchev–Trinajstić information content (AvgIpc) is 2.77. The zero-order valence-electron chi connectivity index (χ0n) is 16.7. The lowest BCUT2D eigenvalue weighted by Gasteiger charge is -2.14. The minimum Gasteiger partial charge on any atom is -0.497 e. The van der Waals surface area contributed by atoms with Gasteiger partial charge in [-0.1, -0.05) is 86.1 Å². The molecule has 3 rings (SSSR count). The van der Waals surface area contributed by atoms with E-state index < -0.39 is 0 Å². The van der Waals surface area contributed by atoms with Gasteiger partial charge >= 0.3 is 0 Å². The molecule has 0 heterocycles. The lowest BCUT2D eigenvalue weighted by atomic mass is 9.90. The second kappa shape index (κ2) is 10.3. The van der Waals surface area contributed by atoms with E-state index in [0.29, 0.717) is 5.92 Å². The predicted molar refractivity (Wildman–Crippen MR) is 118 cm³/mol. The first-order chi connectivity index (χ1) is 13.8. The van der Waals surface area contributed by atoms with Crippen LogP contribution in [0.4, 0.5) is 0 Å². The van der Waals surface area contributed by atoms with Gasteiger partial charge in [-0.2, -0.15) is 0 Å². The van der Waals surface area contributed by atoms with Crippen molar-refractivity contribution in [3.8, 4) is 5.75 Å². The Bertz CT molecular complexity index is 888. The summed E-state index contributed by atoms with van der Waals surface area (Å²) in [5, 5.41) is 0. The van der Waals surface area contributed by atoms with Crippen LogP contribution >= 0.6 is 0 Å². The lowest BCUT2D eigenvalue weighted by Crippen LogP contribution is -1.98. The summed E-state index contributed by atoms with van der Waals surface area (Å²) >= 11 is 0. The van der Waals surface area contributed by atoms with Crippen LogP contribution in [0.5, 0.6) is 5.75 Å². The number of allylic oxidation sites excluding steroid dienone is 1. The van der Waals surface area contributed by atoms with Crippen molar-refractivity contribution in [2.45, 2.75) is 31.6 Å². The number of hydrogen-bond donors (Lipinski definition) is 0. The van der Waals surface area contributed by atoms with Crippen molar-refractivity contribution in [2.24, 2.45) is 0 Å². The number of rotatable bonds is 8. The monoisotopic (exact) mass is 368 g/mol. The van der Waals surface area contributed by atoms with Gasteiger partial charge < -0.3 is 4.74 Å². The Morgan fingerprint density at radius 1 is 0.750 bits per heavy atom. The minimum atomic E-state index is 0.168. The Hall–Kier alpha value is -3.02. The molecule has 0 spiro atoms. The summed E-state index contributed by atoms with van der Waals surface area (Å²) < 4.78 is 5.31. The lowest BCUT2D eigenvalue weighted by molar-refractivity contribution is 0.414. The molecular formula is C27H28O. The van der Waals surface area contributed by atoms with E-state index in [1.54, 1.807) is 7.11 Å². The van der Waals surface area contributed by atoms with Crippen LogP contribution in [-0.4, -0.2) is 7.11 Å². The van der Waals surface area contributed by atoms with Crippen molar-refractivity contribution in [3.05, 3.63) is 120 Å². The van der Waals surface area contributed by atoms with Gasteiger partial charge in [-0.15, -0.1) is 5.73 Å². The molecule has 2 atom stereocenters. The third-order valence-electron chi connectivity index (χ3n) is 5.02. The third kappa shape index (κ3) is 5.25. The molecule has 0 N–H and O–H groups in total. The highest BCUT2D eigenvalue weighted by Gasteiger charge is 2.11. The molecule has 0 aliphatic carbocycles. The van der Waals surface area contributed by atoms with Gasteiger partial charge in [0.15, 0.2) is 0 Å². The highest BCUT2D eigenvalue weighted by molar-refractivity contribution is 5.39. The molecule has 0 aromatic heterocycles. The normalized spacial score (nSPS) is 12.5. The maximum absolute atomic E-state index is 5.31. The summed E-state index contributed by atoms with van der Waals surface area (Å²) in [5.74, 6) is 1.44. The molecule has 3 aromatic carbocycles. The molecule has 2 unspecified atom stereocenters. The Morgan fingerprint density at radius 2 is 1.32 bits per heavy atom. The zero-order chi connectivity index (χ0) is 19.6. The van der Waals surface area contributed by atoms with E-state index in [-0.39, 0.29) is 5.92 Å². The fourth-order valence-corrected chi connectivity index (χ4v) is 3.48. The molecule has 0 amide bonds. The molecule has 0 bridgehead atoms. The SMILES string of the molecule is CCCC(C=C=CC(c1ccccc1)c1ccc(OC)cc1)c1ccccc1. The molecule has 142 valence electrons. The molecule has 0 aliphatic rings. The molecule has 0 aliphatic heterocycles. The molecule has 3 aromatic rings. The maximum Gasteiger partial charge on any atom is 0.118 e. The molecule has 0 saturated heterocycles. The molecule has 0 radical (unpaired) electrons. The minimum absolute atomic E-state index is 0.168. The molecule has 1 heteroatoms. The fourth-order valence-electron chi connectivity index (χ4n) is 3.48. The van der Waals surface area contributed by atoms with Crippen LogP contribution in [-0.2, 0) is 0 Å². The Morgan fingerprint density at radius 3 is 1.89 bits per heavy atom. The number of ether oxygens (including phenoxy) is 1. The molecule has 0 fully saturated rings. The Labute approximate surface area is 169 Å². The van der Waals surface area contributed by atoms with Crippen LogP contribution < -0.4 is 4.74 Å². The van der Waals surface area contributed by atoms with Crippen molar-refractivity contribution in [3.63, 3.8) is 0 Å². The predicted octanol–water partition coefficient (Wildman–Crippen LogP) is 7.12. The second-order valence-corrected chi connectivity index (χ2v) is 6.97. The van der Waals surface area contributed by atoms with E-state index in [2.05, 4.69) is 97.6 Å². The Balaban J connectivity index is 1.92. The first-order valence-corrected chi connectivity index (χ1v) is 9.98. The first kappa shape index (κ1) is 19.7. The quantitative estimate of drug-likeness (QED) is 0.385. The van der Waals surface area contributed by atoms with Gasteiger partial charge in [-0.25, -0.2) is 0 Å². The molecule has 28 heavy (non-hydrogen) atoms. The first-order valence-electron chi connectivity index (χ1n) is 9.98. The summed E-state index contributed by atoms with van der Waals surface area (Å²) in [4.78, 5) is 0. The summed E-state index contributed by atoms with van der Waals surface area (Å²) in [6, 6.07) is 29.6. The summed E-state index contributed by atoms with van der Waals surface area (Å²) in [7, 11) is 1.70. The zero-order valence-corrected chi connectivity index (χ0v) is 16.7. The molecule has 0 saturated carbocycles. The standard InChI is InChI=1S/C27H28O/c1-3-11-22(23-12-6-4-7-13-23)16-10-17-27(24-14-8-5-9-15-24)25-18-20-26(28-2)21-19-25/h4-9,12-22,27H,3,11H2,1-2H3. The van der Waals surface area contributed by atoms with E-state index >= 15 is 0 Å². The van der Waals surface area contributed by atoms with Gasteiger partial charge in [0, 0.05) is 11.8 Å². The van der Waals surface area contributed by atoms with Crippen LogP contribution in [0.25, 0.3) is 0 Å². The van der Waals surface area contributed by atoms with Crippen LogP contribution in [0.1, 0.15) is 48.3 Å². The van der Waals surface area contributed by atoms with Gasteiger partial charge in [-0.3, -0.25) is 0 Å². The molecule has 1 nitrogen and oxygen atoms in total. The highest BCUT2D eigenvalue weighted by Crippen LogP contribution is 2.28. The van der Waals surface area contributed by atoms with Gasteiger partial charge in [0.05, 0.1) is 7.11 Å². The van der Waals surface area contributed by atoms with Gasteiger partial charge in [0.2, 0.25) is 0 Å². The fraction of sp³-hybridized carbons (Fsp3) is 0.222. The summed E-state index contributed by atoms with van der Waals surface area (Å²) in [6.45, 7) is 2.23. The topological polar surface area (TPSA) is 9.23 Å². The smallest absolute Gasteiger partial charge is 0.118 e. The van der Waals surface area contributed by atoms with E-state index in [1.807, 2.05) is 12.1 Å². The highest BCUT2D eigenvalue weighted by atomic mass is 16.5. The summed E-state index contributed by atoms with van der Waals surface area (Å²) in [6.07, 6.45) is 6.68. The van der Waals surface area contributed by atoms with Crippen molar-refractivity contribution in [1.29, 1.82) is 0 Å². The summed E-state index contributed by atoms with van der Waals surface area (Å²) in [5.41, 5.74) is 7.37. The van der Waals surface area contributed by atoms with Crippen LogP contribution in [0.3, 0.4) is 0 Å². The van der Waals surface area contributed by atoms with Crippen molar-refractivity contribution in [2.75, 3.05) is 7.11 Å². The van der Waals surface area contributed by atoms with Crippen molar-refractivity contribution in [1.82, 2.24) is 0 Å². The van der Waals surface area contributed by atoms with E-state index in [9.17, 15) is 0 Å². The van der Waals surface area contributed by atoms with E-state index in [4.69, 9.17) is 4.74 Å². The van der Waals surface area contributed by atoms with E-state index in [1.165, 1.54) is 16.7 Å². The maximum atomic E-state index is 5.31. The largest absolute Gasteiger partial charge is 0.497 e. The number of hydrogen-bond acceptors (Lipinski definition) is 1. The third-order valence-corrected chi connectivity index (χ3v) is 5.02. The second-order valence-electron chi connectivity index (χ2n) is 6.97. The van der Waals surface area contributed by atoms with Crippen LogP contribution in [0, 0.1) is 0 Å². The van der Waals surface area contributed by atoms with Gasteiger partial charge in [0.25, 0.3) is 0 Å². The van der Waals surface area contributed by atoms with Crippen LogP contribution in [0.15, 0.2) is 103 Å². The van der Waals surface area contributed by atoms with Crippen molar-refractivity contribution < 1.29 is 4.74 Å².